The van der Waals surface area contributed by atoms with E-state index in [1.54, 1.807) is 6.07 Å². The van der Waals surface area contributed by atoms with Gasteiger partial charge in [0, 0.05) is 12.6 Å². The van der Waals surface area contributed by atoms with E-state index in [0.29, 0.717) is 10.9 Å². The molecule has 1 saturated carbocycles. The van der Waals surface area contributed by atoms with Gasteiger partial charge in [0.2, 0.25) is 0 Å². The molecule has 1 heterocycles. The summed E-state index contributed by atoms with van der Waals surface area (Å²) in [6.45, 7) is 3.11. The smallest absolute Gasteiger partial charge is 0.345 e. The summed E-state index contributed by atoms with van der Waals surface area (Å²) in [5.74, 6) is -0.819. The predicted octanol–water partition coefficient (Wildman–Crippen LogP) is 3.61. The van der Waals surface area contributed by atoms with Crippen molar-refractivity contribution in [3.05, 3.63) is 17.0 Å². The fourth-order valence-corrected chi connectivity index (χ4v) is 3.56. The molecule has 1 aromatic rings. The molecule has 1 aliphatic carbocycles. The minimum atomic E-state index is -0.819. The number of carboxylic acid groups (broad SMARTS) is 1. The van der Waals surface area contributed by atoms with Gasteiger partial charge >= 0.3 is 5.97 Å². The quantitative estimate of drug-likeness (QED) is 0.891. The molecular formula is C13H19NO2S. The van der Waals surface area contributed by atoms with Crippen LogP contribution in [0.3, 0.4) is 0 Å². The molecule has 94 valence electrons. The highest BCUT2D eigenvalue weighted by molar-refractivity contribution is 7.17. The first-order valence-corrected chi connectivity index (χ1v) is 7.13. The van der Waals surface area contributed by atoms with Crippen LogP contribution in [0, 0.1) is 0 Å². The average Bonchev–Trinajstić information content (AvgIpc) is 2.81. The number of hydrogen-bond donors (Lipinski definition) is 1. The molecule has 17 heavy (non-hydrogen) atoms. The number of carbonyl (C=O) groups is 1. The Hall–Kier alpha value is -1.03. The molecule has 2 rings (SSSR count). The predicted molar refractivity (Wildman–Crippen MR) is 71.2 cm³/mol. The lowest BCUT2D eigenvalue weighted by Crippen LogP contribution is -2.36. The molecule has 4 heteroatoms. The zero-order valence-corrected chi connectivity index (χ0v) is 11.0. The molecule has 1 aliphatic rings. The molecule has 0 amide bonds. The van der Waals surface area contributed by atoms with Crippen LogP contribution in [0.15, 0.2) is 12.1 Å². The molecule has 0 aliphatic heterocycles. The summed E-state index contributed by atoms with van der Waals surface area (Å²) in [5, 5.41) is 10.1. The molecule has 0 atom stereocenters. The second-order valence-electron chi connectivity index (χ2n) is 4.52. The molecule has 0 bridgehead atoms. The van der Waals surface area contributed by atoms with Crippen molar-refractivity contribution in [1.29, 1.82) is 0 Å². The number of thiophene rings is 1. The van der Waals surface area contributed by atoms with Gasteiger partial charge in [0.25, 0.3) is 0 Å². The third kappa shape index (κ3) is 2.80. The normalized spacial score (nSPS) is 17.0. The van der Waals surface area contributed by atoms with Crippen LogP contribution in [0.5, 0.6) is 0 Å². The first-order chi connectivity index (χ1) is 8.22. The van der Waals surface area contributed by atoms with Gasteiger partial charge in [-0.25, -0.2) is 4.79 Å². The van der Waals surface area contributed by atoms with Crippen LogP contribution in [-0.4, -0.2) is 23.7 Å². The Morgan fingerprint density at radius 2 is 2.12 bits per heavy atom. The van der Waals surface area contributed by atoms with Crippen LogP contribution in [0.25, 0.3) is 0 Å². The zero-order valence-electron chi connectivity index (χ0n) is 10.2. The van der Waals surface area contributed by atoms with Crippen LogP contribution in [0.2, 0.25) is 0 Å². The van der Waals surface area contributed by atoms with Crippen molar-refractivity contribution in [2.45, 2.75) is 45.1 Å². The third-order valence-electron chi connectivity index (χ3n) is 3.44. The summed E-state index contributed by atoms with van der Waals surface area (Å²) in [6.07, 6.45) is 6.44. The summed E-state index contributed by atoms with van der Waals surface area (Å²) in [5.41, 5.74) is 0. The van der Waals surface area contributed by atoms with Crippen LogP contribution >= 0.6 is 11.3 Å². The minimum absolute atomic E-state index is 0.439. The maximum absolute atomic E-state index is 10.9. The van der Waals surface area contributed by atoms with Crippen LogP contribution in [-0.2, 0) is 0 Å². The Morgan fingerprint density at radius 1 is 1.41 bits per heavy atom. The van der Waals surface area contributed by atoms with Gasteiger partial charge in [-0.3, -0.25) is 0 Å². The molecule has 0 radical (unpaired) electrons. The largest absolute Gasteiger partial charge is 0.477 e. The molecule has 1 N–H and O–H groups in total. The Bertz CT molecular complexity index is 383. The zero-order chi connectivity index (χ0) is 12.3. The third-order valence-corrected chi connectivity index (χ3v) is 4.55. The van der Waals surface area contributed by atoms with Gasteiger partial charge in [-0.15, -0.1) is 11.3 Å². The van der Waals surface area contributed by atoms with Crippen LogP contribution in [0.4, 0.5) is 5.00 Å². The van der Waals surface area contributed by atoms with Gasteiger partial charge in [-0.1, -0.05) is 19.3 Å². The standard InChI is InChI=1S/C13H19NO2S/c1-2-14(10-6-4-3-5-7-10)12-9-8-11(17-12)13(15)16/h8-10H,2-7H2,1H3,(H,15,16). The second kappa shape index (κ2) is 5.54. The monoisotopic (exact) mass is 253 g/mol. The number of nitrogens with zero attached hydrogens (tertiary/aromatic N) is 1. The van der Waals surface area contributed by atoms with Gasteiger partial charge in [0.05, 0.1) is 5.00 Å². The fraction of sp³-hybridized carbons (Fsp3) is 0.615. The van der Waals surface area contributed by atoms with Gasteiger partial charge in [0.15, 0.2) is 0 Å². The lowest BCUT2D eigenvalue weighted by atomic mass is 9.94. The maximum atomic E-state index is 10.9. The summed E-state index contributed by atoms with van der Waals surface area (Å²) in [7, 11) is 0. The van der Waals surface area contributed by atoms with Crippen molar-refractivity contribution in [1.82, 2.24) is 0 Å². The van der Waals surface area contributed by atoms with E-state index in [-0.39, 0.29) is 0 Å². The van der Waals surface area contributed by atoms with Gasteiger partial charge in [-0.2, -0.15) is 0 Å². The first kappa shape index (κ1) is 12.4. The van der Waals surface area contributed by atoms with E-state index in [1.807, 2.05) is 6.07 Å². The van der Waals surface area contributed by atoms with E-state index >= 15 is 0 Å². The van der Waals surface area contributed by atoms with Crippen molar-refractivity contribution in [2.75, 3.05) is 11.4 Å². The lowest BCUT2D eigenvalue weighted by Gasteiger charge is -2.34. The molecule has 3 nitrogen and oxygen atoms in total. The molecule has 1 aromatic heterocycles. The van der Waals surface area contributed by atoms with E-state index in [9.17, 15) is 4.79 Å². The Balaban J connectivity index is 2.12. The van der Waals surface area contributed by atoms with E-state index in [4.69, 9.17) is 5.11 Å². The van der Waals surface area contributed by atoms with Crippen molar-refractivity contribution in [3.8, 4) is 0 Å². The summed E-state index contributed by atoms with van der Waals surface area (Å²) >= 11 is 1.39. The second-order valence-corrected chi connectivity index (χ2v) is 5.58. The van der Waals surface area contributed by atoms with E-state index in [2.05, 4.69) is 11.8 Å². The number of hydrogen-bond acceptors (Lipinski definition) is 3. The highest BCUT2D eigenvalue weighted by atomic mass is 32.1. The van der Waals surface area contributed by atoms with Gasteiger partial charge < -0.3 is 10.0 Å². The molecule has 0 aromatic carbocycles. The topological polar surface area (TPSA) is 40.5 Å². The number of anilines is 1. The average molecular weight is 253 g/mol. The highest BCUT2D eigenvalue weighted by Crippen LogP contribution is 2.32. The van der Waals surface area contributed by atoms with Crippen LogP contribution < -0.4 is 4.90 Å². The number of rotatable bonds is 4. The molecular weight excluding hydrogens is 234 g/mol. The molecule has 0 unspecified atom stereocenters. The first-order valence-electron chi connectivity index (χ1n) is 6.32. The SMILES string of the molecule is CCN(c1ccc(C(=O)O)s1)C1CCCCC1. The van der Waals surface area contributed by atoms with Crippen molar-refractivity contribution in [2.24, 2.45) is 0 Å². The van der Waals surface area contributed by atoms with Crippen molar-refractivity contribution in [3.63, 3.8) is 0 Å². The highest BCUT2D eigenvalue weighted by Gasteiger charge is 2.22. The molecule has 0 saturated heterocycles. The number of aromatic carboxylic acids is 1. The van der Waals surface area contributed by atoms with E-state index < -0.39 is 5.97 Å². The summed E-state index contributed by atoms with van der Waals surface area (Å²) in [6, 6.07) is 4.27. The van der Waals surface area contributed by atoms with Gasteiger partial charge in [0.1, 0.15) is 4.88 Å². The molecule has 0 spiro atoms. The Morgan fingerprint density at radius 3 is 2.65 bits per heavy atom. The Kier molecular flexibility index (Phi) is 4.05. The summed E-state index contributed by atoms with van der Waals surface area (Å²) < 4.78 is 0. The Labute approximate surface area is 106 Å². The fourth-order valence-electron chi connectivity index (χ4n) is 2.58. The van der Waals surface area contributed by atoms with Crippen LogP contribution in [0.1, 0.15) is 48.7 Å². The van der Waals surface area contributed by atoms with E-state index in [0.717, 1.165) is 11.5 Å². The van der Waals surface area contributed by atoms with Gasteiger partial charge in [-0.05, 0) is 31.9 Å². The van der Waals surface area contributed by atoms with Crippen molar-refractivity contribution < 1.29 is 9.90 Å². The van der Waals surface area contributed by atoms with E-state index in [1.165, 1.54) is 43.4 Å². The minimum Gasteiger partial charge on any atom is -0.477 e. The maximum Gasteiger partial charge on any atom is 0.345 e. The number of carboxylic acids is 1. The lowest BCUT2D eigenvalue weighted by molar-refractivity contribution is 0.0702. The van der Waals surface area contributed by atoms with Crippen molar-refractivity contribution >= 4 is 22.3 Å². The molecule has 1 fully saturated rings. The summed E-state index contributed by atoms with van der Waals surface area (Å²) in [4.78, 5) is 13.7.